The number of pyridine rings is 1. The van der Waals surface area contributed by atoms with Crippen LogP contribution in [0, 0.1) is 18.3 Å². The summed E-state index contributed by atoms with van der Waals surface area (Å²) in [6, 6.07) is 12.8. The van der Waals surface area contributed by atoms with E-state index in [1.165, 1.54) is 6.92 Å². The average Bonchev–Trinajstić information content (AvgIpc) is 2.67. The predicted molar refractivity (Wildman–Crippen MR) is 111 cm³/mol. The summed E-state index contributed by atoms with van der Waals surface area (Å²) in [5.74, 6) is 0.284. The van der Waals surface area contributed by atoms with Crippen LogP contribution < -0.4 is 11.1 Å². The van der Waals surface area contributed by atoms with E-state index in [1.54, 1.807) is 30.5 Å². The first-order chi connectivity index (χ1) is 13.4. The maximum absolute atomic E-state index is 11.2. The van der Waals surface area contributed by atoms with Crippen molar-refractivity contribution in [1.29, 1.82) is 5.26 Å². The first-order valence-electron chi connectivity index (χ1n) is 8.45. The van der Waals surface area contributed by atoms with Crippen molar-refractivity contribution >= 4 is 30.0 Å². The van der Waals surface area contributed by atoms with Crippen LogP contribution in [0.3, 0.4) is 0 Å². The molecule has 7 nitrogen and oxygen atoms in total. The van der Waals surface area contributed by atoms with Crippen molar-refractivity contribution in [3.63, 3.8) is 0 Å². The lowest BCUT2D eigenvalue weighted by Gasteiger charge is -2.15. The quantitative estimate of drug-likeness (QED) is 0.589. The van der Waals surface area contributed by atoms with E-state index < -0.39 is 5.25 Å². The number of nitrogens with one attached hydrogen (secondary N) is 1. The predicted octanol–water partition coefficient (Wildman–Crippen LogP) is 3.28. The Hall–Kier alpha value is -3.44. The van der Waals surface area contributed by atoms with Crippen molar-refractivity contribution in [1.82, 2.24) is 15.0 Å². The highest BCUT2D eigenvalue weighted by atomic mass is 32.1. The molecule has 3 aromatic rings. The van der Waals surface area contributed by atoms with Crippen LogP contribution in [-0.4, -0.2) is 20.9 Å². The standard InChI is InChI=1S/C20H18N6OS/c1-11-4-3-9-23-16(11)18(28)20-25-17(15(10-21)19(22)26-20)13-5-7-14(8-6-13)24-12(2)27/h3-9,18,28H,1-2H3,(H,24,27)(H2,22,25,26). The molecule has 0 spiro atoms. The first kappa shape index (κ1) is 19.3. The van der Waals surface area contributed by atoms with Gasteiger partial charge in [-0.25, -0.2) is 9.97 Å². The van der Waals surface area contributed by atoms with Crippen molar-refractivity contribution in [2.45, 2.75) is 19.1 Å². The number of anilines is 2. The van der Waals surface area contributed by atoms with Gasteiger partial charge in [0.1, 0.15) is 28.5 Å². The third kappa shape index (κ3) is 3.94. The van der Waals surface area contributed by atoms with Crippen LogP contribution in [0.4, 0.5) is 11.5 Å². The Bertz CT molecular complexity index is 1080. The molecule has 0 saturated heterocycles. The van der Waals surface area contributed by atoms with Gasteiger partial charge in [0, 0.05) is 24.4 Å². The van der Waals surface area contributed by atoms with Gasteiger partial charge >= 0.3 is 0 Å². The molecule has 1 aromatic carbocycles. The number of hydrogen-bond acceptors (Lipinski definition) is 7. The summed E-state index contributed by atoms with van der Waals surface area (Å²) in [6.07, 6.45) is 1.68. The molecular weight excluding hydrogens is 372 g/mol. The summed E-state index contributed by atoms with van der Waals surface area (Å²) in [6.45, 7) is 3.37. The molecule has 3 N–H and O–H groups in total. The summed E-state index contributed by atoms with van der Waals surface area (Å²) < 4.78 is 0. The molecule has 28 heavy (non-hydrogen) atoms. The zero-order valence-electron chi connectivity index (χ0n) is 15.3. The van der Waals surface area contributed by atoms with Crippen LogP contribution in [0.15, 0.2) is 42.6 Å². The lowest BCUT2D eigenvalue weighted by atomic mass is 10.1. The largest absolute Gasteiger partial charge is 0.382 e. The summed E-state index contributed by atoms with van der Waals surface area (Å²) in [7, 11) is 0. The van der Waals surface area contributed by atoms with Crippen molar-refractivity contribution in [2.75, 3.05) is 11.1 Å². The molecule has 0 radical (unpaired) electrons. The lowest BCUT2D eigenvalue weighted by Crippen LogP contribution is -2.10. The topological polar surface area (TPSA) is 118 Å². The summed E-state index contributed by atoms with van der Waals surface area (Å²) >= 11 is 4.63. The van der Waals surface area contributed by atoms with Gasteiger partial charge in [0.25, 0.3) is 0 Å². The fourth-order valence-corrected chi connectivity index (χ4v) is 3.14. The Kier molecular flexibility index (Phi) is 5.57. The van der Waals surface area contributed by atoms with Gasteiger partial charge in [0.15, 0.2) is 0 Å². The van der Waals surface area contributed by atoms with Crippen LogP contribution in [0.1, 0.15) is 34.8 Å². The van der Waals surface area contributed by atoms with E-state index in [-0.39, 0.29) is 17.3 Å². The number of amides is 1. The second-order valence-corrected chi connectivity index (χ2v) is 6.69. The van der Waals surface area contributed by atoms with Crippen molar-refractivity contribution in [3.05, 3.63) is 65.2 Å². The minimum atomic E-state index is -0.492. The number of aryl methyl sites for hydroxylation is 1. The van der Waals surface area contributed by atoms with Gasteiger partial charge in [0.05, 0.1) is 11.4 Å². The highest BCUT2D eigenvalue weighted by Gasteiger charge is 2.21. The minimum Gasteiger partial charge on any atom is -0.382 e. The molecule has 8 heteroatoms. The van der Waals surface area contributed by atoms with Crippen LogP contribution in [0.25, 0.3) is 11.3 Å². The second-order valence-electron chi connectivity index (χ2n) is 6.17. The average molecular weight is 390 g/mol. The van der Waals surface area contributed by atoms with E-state index in [2.05, 4.69) is 39.0 Å². The van der Waals surface area contributed by atoms with Crippen LogP contribution in [-0.2, 0) is 4.79 Å². The van der Waals surface area contributed by atoms with E-state index in [0.29, 0.717) is 22.8 Å². The molecule has 2 aromatic heterocycles. The van der Waals surface area contributed by atoms with E-state index >= 15 is 0 Å². The Morgan fingerprint density at radius 1 is 1.25 bits per heavy atom. The van der Waals surface area contributed by atoms with Gasteiger partial charge in [-0.1, -0.05) is 18.2 Å². The molecule has 0 aliphatic rings. The fraction of sp³-hybridized carbons (Fsp3) is 0.150. The minimum absolute atomic E-state index is 0.0843. The number of hydrogen-bond donors (Lipinski definition) is 3. The molecule has 3 rings (SSSR count). The first-order valence-corrected chi connectivity index (χ1v) is 8.97. The molecule has 0 saturated carbocycles. The summed E-state index contributed by atoms with van der Waals surface area (Å²) in [5.41, 5.74) is 9.64. The van der Waals surface area contributed by atoms with Gasteiger partial charge in [-0.2, -0.15) is 17.9 Å². The second kappa shape index (κ2) is 8.06. The lowest BCUT2D eigenvalue weighted by molar-refractivity contribution is -0.114. The number of benzene rings is 1. The van der Waals surface area contributed by atoms with Crippen LogP contribution in [0.5, 0.6) is 0 Å². The molecule has 1 amide bonds. The smallest absolute Gasteiger partial charge is 0.221 e. The molecule has 2 heterocycles. The number of carbonyl (C=O) groups excluding carboxylic acids is 1. The van der Waals surface area contributed by atoms with Crippen LogP contribution >= 0.6 is 12.6 Å². The Labute approximate surface area is 168 Å². The third-order valence-electron chi connectivity index (χ3n) is 4.10. The fourth-order valence-electron chi connectivity index (χ4n) is 2.76. The van der Waals surface area contributed by atoms with Gasteiger partial charge in [-0.3, -0.25) is 9.78 Å². The zero-order valence-corrected chi connectivity index (χ0v) is 16.2. The molecule has 1 atom stereocenters. The SMILES string of the molecule is CC(=O)Nc1ccc(-c2nc(C(S)c3ncccc3C)nc(N)c2C#N)cc1. The van der Waals surface area contributed by atoms with Gasteiger partial charge in [-0.05, 0) is 30.7 Å². The van der Waals surface area contributed by atoms with Crippen molar-refractivity contribution < 1.29 is 4.79 Å². The molecular formula is C20H18N6OS. The number of nitrogen functional groups attached to an aromatic ring is 1. The molecule has 0 bridgehead atoms. The third-order valence-corrected chi connectivity index (χ3v) is 4.57. The van der Waals surface area contributed by atoms with Crippen molar-refractivity contribution in [3.8, 4) is 17.3 Å². The number of thiol groups is 1. The number of carbonyl (C=O) groups is 1. The number of nitrogens with zero attached hydrogens (tertiary/aromatic N) is 4. The highest BCUT2D eigenvalue weighted by Crippen LogP contribution is 2.31. The normalized spacial score (nSPS) is 11.5. The number of rotatable bonds is 4. The van der Waals surface area contributed by atoms with E-state index in [1.807, 2.05) is 19.1 Å². The monoisotopic (exact) mass is 390 g/mol. The summed E-state index contributed by atoms with van der Waals surface area (Å²) in [5, 5.41) is 11.7. The van der Waals surface area contributed by atoms with Crippen molar-refractivity contribution in [2.24, 2.45) is 0 Å². The van der Waals surface area contributed by atoms with E-state index in [9.17, 15) is 10.1 Å². The number of nitrogens with two attached hydrogens (primary N) is 1. The maximum atomic E-state index is 11.2. The summed E-state index contributed by atoms with van der Waals surface area (Å²) in [4.78, 5) is 24.4. The van der Waals surface area contributed by atoms with Gasteiger partial charge in [0.2, 0.25) is 5.91 Å². The highest BCUT2D eigenvalue weighted by molar-refractivity contribution is 7.80. The Morgan fingerprint density at radius 2 is 1.96 bits per heavy atom. The molecule has 0 fully saturated rings. The molecule has 140 valence electrons. The van der Waals surface area contributed by atoms with Gasteiger partial charge < -0.3 is 11.1 Å². The zero-order chi connectivity index (χ0) is 20.3. The molecule has 0 aliphatic carbocycles. The Morgan fingerprint density at radius 3 is 2.57 bits per heavy atom. The van der Waals surface area contributed by atoms with Crippen LogP contribution in [0.2, 0.25) is 0 Å². The number of nitriles is 1. The van der Waals surface area contributed by atoms with E-state index in [0.717, 1.165) is 11.3 Å². The Balaban J connectivity index is 2.07. The van der Waals surface area contributed by atoms with Gasteiger partial charge in [-0.15, -0.1) is 0 Å². The molecule has 0 aliphatic heterocycles. The van der Waals surface area contributed by atoms with E-state index in [4.69, 9.17) is 5.73 Å². The molecule has 1 unspecified atom stereocenters. The maximum Gasteiger partial charge on any atom is 0.221 e. The number of aromatic nitrogens is 3.